The molecule has 4 aliphatic rings. The summed E-state index contributed by atoms with van der Waals surface area (Å²) in [5, 5.41) is 16.3. The SMILES string of the molecule is CC(C)(C)OC(=O)CC1CCC(Nc2cc(C3CCCC3)nc3ccnn23)CC1.Cl.NC1CCC(Nc2cc(C3CCCC3)nc3ccnn23)CC1. The van der Waals surface area contributed by atoms with Crippen LogP contribution in [0.3, 0.4) is 0 Å². The van der Waals surface area contributed by atoms with Crippen LogP contribution in [0, 0.1) is 5.92 Å². The molecule has 0 radical (unpaired) electrons. The summed E-state index contributed by atoms with van der Waals surface area (Å²) in [6.07, 6.45) is 23.3. The number of anilines is 2. The summed E-state index contributed by atoms with van der Waals surface area (Å²) in [6, 6.07) is 9.73. The van der Waals surface area contributed by atoms with Gasteiger partial charge in [0.15, 0.2) is 11.3 Å². The van der Waals surface area contributed by atoms with Gasteiger partial charge >= 0.3 is 5.97 Å². The van der Waals surface area contributed by atoms with Crippen molar-refractivity contribution in [2.24, 2.45) is 11.7 Å². The topological polar surface area (TPSA) is 137 Å². The van der Waals surface area contributed by atoms with Gasteiger partial charge in [0.05, 0.1) is 12.4 Å². The zero-order valence-electron chi connectivity index (χ0n) is 31.4. The number of fused-ring (bicyclic) bond motifs is 2. The summed E-state index contributed by atoms with van der Waals surface area (Å²) >= 11 is 0. The Balaban J connectivity index is 0.000000181. The lowest BCUT2D eigenvalue weighted by molar-refractivity contribution is -0.156. The predicted molar refractivity (Wildman–Crippen MR) is 209 cm³/mol. The first-order valence-corrected chi connectivity index (χ1v) is 19.9. The third kappa shape index (κ3) is 9.75. The molecule has 0 aromatic carbocycles. The third-order valence-electron chi connectivity index (χ3n) is 11.5. The molecule has 4 saturated carbocycles. The van der Waals surface area contributed by atoms with Crippen molar-refractivity contribution in [1.82, 2.24) is 29.2 Å². The van der Waals surface area contributed by atoms with E-state index in [1.165, 1.54) is 62.8 Å². The molecule has 4 heterocycles. The fourth-order valence-electron chi connectivity index (χ4n) is 8.74. The van der Waals surface area contributed by atoms with Crippen molar-refractivity contribution < 1.29 is 9.53 Å². The largest absolute Gasteiger partial charge is 0.460 e. The van der Waals surface area contributed by atoms with E-state index in [2.05, 4.69) is 33.0 Å². The van der Waals surface area contributed by atoms with Crippen molar-refractivity contribution in [1.29, 1.82) is 0 Å². The molecular weight excluding hydrogens is 674 g/mol. The molecule has 12 heteroatoms. The second-order valence-corrected chi connectivity index (χ2v) is 16.7. The van der Waals surface area contributed by atoms with Crippen LogP contribution in [-0.4, -0.2) is 58.9 Å². The number of nitrogens with one attached hydrogen (secondary N) is 2. The molecule has 4 aliphatic carbocycles. The minimum atomic E-state index is -0.399. The Morgan fingerprint density at radius 1 is 0.731 bits per heavy atom. The number of hydrogen-bond acceptors (Lipinski definition) is 9. The van der Waals surface area contributed by atoms with Gasteiger partial charge < -0.3 is 21.1 Å². The molecule has 8 rings (SSSR count). The van der Waals surface area contributed by atoms with Gasteiger partial charge in [0, 0.05) is 72.0 Å². The van der Waals surface area contributed by atoms with Crippen LogP contribution in [-0.2, 0) is 9.53 Å². The Kier molecular flexibility index (Phi) is 12.6. The third-order valence-corrected chi connectivity index (χ3v) is 11.5. The van der Waals surface area contributed by atoms with Crippen LogP contribution in [0.2, 0.25) is 0 Å². The summed E-state index contributed by atoms with van der Waals surface area (Å²) in [4.78, 5) is 21.8. The van der Waals surface area contributed by atoms with Gasteiger partial charge in [0.25, 0.3) is 0 Å². The number of carbonyl (C=O) groups excluding carboxylic acids is 1. The van der Waals surface area contributed by atoms with Crippen LogP contribution in [0.5, 0.6) is 0 Å². The maximum atomic E-state index is 12.1. The summed E-state index contributed by atoms with van der Waals surface area (Å²) < 4.78 is 9.35. The molecule has 0 atom stereocenters. The van der Waals surface area contributed by atoms with Crippen LogP contribution in [0.25, 0.3) is 11.3 Å². The molecule has 0 aliphatic heterocycles. The molecule has 4 fully saturated rings. The van der Waals surface area contributed by atoms with Gasteiger partial charge in [-0.2, -0.15) is 19.2 Å². The number of carbonyl (C=O) groups is 1. The molecule has 4 aromatic heterocycles. The highest BCUT2D eigenvalue weighted by molar-refractivity contribution is 5.85. The van der Waals surface area contributed by atoms with Crippen molar-refractivity contribution in [3.05, 3.63) is 48.0 Å². The smallest absolute Gasteiger partial charge is 0.306 e. The van der Waals surface area contributed by atoms with Gasteiger partial charge in [-0.15, -0.1) is 12.4 Å². The van der Waals surface area contributed by atoms with E-state index in [1.807, 2.05) is 54.3 Å². The minimum absolute atomic E-state index is 0. The van der Waals surface area contributed by atoms with Crippen molar-refractivity contribution in [2.75, 3.05) is 10.6 Å². The fourth-order valence-corrected chi connectivity index (χ4v) is 8.74. The van der Waals surface area contributed by atoms with Crippen LogP contribution < -0.4 is 16.4 Å². The lowest BCUT2D eigenvalue weighted by Crippen LogP contribution is -2.33. The van der Waals surface area contributed by atoms with E-state index in [-0.39, 0.29) is 18.4 Å². The first kappa shape index (κ1) is 38.3. The summed E-state index contributed by atoms with van der Waals surface area (Å²) in [7, 11) is 0. The van der Waals surface area contributed by atoms with Gasteiger partial charge in [-0.3, -0.25) is 4.79 Å². The maximum Gasteiger partial charge on any atom is 0.306 e. The van der Waals surface area contributed by atoms with E-state index < -0.39 is 5.60 Å². The highest BCUT2D eigenvalue weighted by Crippen LogP contribution is 2.36. The number of hydrogen-bond donors (Lipinski definition) is 3. The molecule has 0 spiro atoms. The number of rotatable bonds is 8. The van der Waals surface area contributed by atoms with Gasteiger partial charge in [0.1, 0.15) is 17.2 Å². The summed E-state index contributed by atoms with van der Waals surface area (Å²) in [5.74, 6) is 3.72. The van der Waals surface area contributed by atoms with E-state index in [4.69, 9.17) is 20.4 Å². The van der Waals surface area contributed by atoms with Crippen LogP contribution >= 0.6 is 12.4 Å². The second kappa shape index (κ2) is 17.1. The van der Waals surface area contributed by atoms with E-state index in [9.17, 15) is 4.79 Å². The minimum Gasteiger partial charge on any atom is -0.460 e. The monoisotopic (exact) mass is 733 g/mol. The quantitative estimate of drug-likeness (QED) is 0.152. The lowest BCUT2D eigenvalue weighted by atomic mass is 9.84. The lowest BCUT2D eigenvalue weighted by Gasteiger charge is -2.30. The van der Waals surface area contributed by atoms with Gasteiger partial charge in [0.2, 0.25) is 0 Å². The maximum absolute atomic E-state index is 12.1. The highest BCUT2D eigenvalue weighted by Gasteiger charge is 2.27. The van der Waals surface area contributed by atoms with E-state index in [0.717, 1.165) is 74.3 Å². The zero-order valence-corrected chi connectivity index (χ0v) is 32.3. The Hall–Kier alpha value is -3.44. The molecule has 4 N–H and O–H groups in total. The molecule has 11 nitrogen and oxygen atoms in total. The van der Waals surface area contributed by atoms with Crippen molar-refractivity contribution in [2.45, 2.75) is 165 Å². The Morgan fingerprint density at radius 3 is 1.62 bits per heavy atom. The molecular formula is C40H60ClN9O2. The fraction of sp³-hybridized carbons (Fsp3) is 0.675. The number of halogens is 1. The molecule has 4 aromatic rings. The molecule has 284 valence electrons. The summed E-state index contributed by atoms with van der Waals surface area (Å²) in [6.45, 7) is 5.78. The van der Waals surface area contributed by atoms with E-state index in [0.29, 0.717) is 42.3 Å². The van der Waals surface area contributed by atoms with Gasteiger partial charge in [-0.1, -0.05) is 25.7 Å². The Morgan fingerprint density at radius 2 is 1.17 bits per heavy atom. The van der Waals surface area contributed by atoms with Gasteiger partial charge in [-0.25, -0.2) is 9.97 Å². The second-order valence-electron chi connectivity index (χ2n) is 16.7. The Bertz CT molecular complexity index is 1740. The van der Waals surface area contributed by atoms with Crippen molar-refractivity contribution in [3.8, 4) is 0 Å². The van der Waals surface area contributed by atoms with Crippen molar-refractivity contribution in [3.63, 3.8) is 0 Å². The number of nitrogens with two attached hydrogens (primary N) is 1. The number of aromatic nitrogens is 6. The van der Waals surface area contributed by atoms with Crippen molar-refractivity contribution >= 4 is 41.3 Å². The van der Waals surface area contributed by atoms with Crippen LogP contribution in [0.15, 0.2) is 36.7 Å². The average Bonchev–Trinajstić information content (AvgIpc) is 3.94. The highest BCUT2D eigenvalue weighted by atomic mass is 35.5. The first-order valence-electron chi connectivity index (χ1n) is 19.9. The molecule has 0 bridgehead atoms. The zero-order chi connectivity index (χ0) is 35.4. The van der Waals surface area contributed by atoms with Crippen LogP contribution in [0.4, 0.5) is 11.6 Å². The normalized spacial score (nSPS) is 24.3. The molecule has 52 heavy (non-hydrogen) atoms. The van der Waals surface area contributed by atoms with E-state index in [1.54, 1.807) is 0 Å². The molecule has 0 unspecified atom stereocenters. The van der Waals surface area contributed by atoms with Gasteiger partial charge in [-0.05, 0) is 104 Å². The standard InChI is InChI=1S/C23H34N4O2.C17H25N5.ClH/c1-23(2,3)29-22(28)14-16-8-10-18(11-9-16)25-21-15-19(17-6-4-5-7-17)26-20-12-13-24-27(20)21;18-13-5-7-14(8-6-13)20-17-11-15(12-3-1-2-4-12)21-16-9-10-19-22(16)17;/h12-13,15-18,25H,4-11,14H2,1-3H3;9-14,20H,1-8,18H2;1H. The molecule has 0 saturated heterocycles. The number of esters is 1. The first-order chi connectivity index (χ1) is 24.7. The number of nitrogens with zero attached hydrogens (tertiary/aromatic N) is 6. The number of ether oxygens (including phenoxy) is 1. The van der Waals surface area contributed by atoms with Crippen LogP contribution in [0.1, 0.15) is 153 Å². The Labute approximate surface area is 315 Å². The average molecular weight is 734 g/mol. The molecule has 0 amide bonds. The predicted octanol–water partition coefficient (Wildman–Crippen LogP) is 8.58. The van der Waals surface area contributed by atoms with E-state index >= 15 is 0 Å². The summed E-state index contributed by atoms with van der Waals surface area (Å²) in [5.41, 5.74) is 9.94.